The van der Waals surface area contributed by atoms with Gasteiger partial charge in [-0.1, -0.05) is 35.9 Å². The maximum absolute atomic E-state index is 11.6. The predicted molar refractivity (Wildman–Crippen MR) is 80.8 cm³/mol. The Balaban J connectivity index is 2.12. The van der Waals surface area contributed by atoms with Crippen molar-refractivity contribution in [2.24, 2.45) is 5.41 Å². The van der Waals surface area contributed by atoms with E-state index in [4.69, 9.17) is 11.6 Å². The summed E-state index contributed by atoms with van der Waals surface area (Å²) in [5, 5.41) is 10.3. The Morgan fingerprint density at radius 1 is 1.50 bits per heavy atom. The number of benzene rings is 1. The highest BCUT2D eigenvalue weighted by molar-refractivity contribution is 6.31. The zero-order chi connectivity index (χ0) is 14.6. The Morgan fingerprint density at radius 2 is 2.25 bits per heavy atom. The van der Waals surface area contributed by atoms with Gasteiger partial charge < -0.3 is 5.11 Å². The summed E-state index contributed by atoms with van der Waals surface area (Å²) in [4.78, 5) is 13.8. The summed E-state index contributed by atoms with van der Waals surface area (Å²) in [6.45, 7) is 5.87. The topological polar surface area (TPSA) is 40.5 Å². The van der Waals surface area contributed by atoms with Crippen LogP contribution in [-0.2, 0) is 11.3 Å². The standard InChI is InChI=1S/C16H20ClNO2/c1-2-8-16(15(19)20)9-5-10-18(12-16)11-13-6-3-4-7-14(13)17/h2-4,6-7H,1,5,8-12H2,(H,19,20). The van der Waals surface area contributed by atoms with Crippen LogP contribution in [0.4, 0.5) is 0 Å². The first-order valence-electron chi connectivity index (χ1n) is 6.87. The van der Waals surface area contributed by atoms with Crippen LogP contribution < -0.4 is 0 Å². The van der Waals surface area contributed by atoms with Crippen LogP contribution in [0.15, 0.2) is 36.9 Å². The van der Waals surface area contributed by atoms with Crippen molar-refractivity contribution in [1.82, 2.24) is 4.90 Å². The third-order valence-electron chi connectivity index (χ3n) is 4.00. The van der Waals surface area contributed by atoms with Crippen LogP contribution >= 0.6 is 11.6 Å². The number of carbonyl (C=O) groups is 1. The van der Waals surface area contributed by atoms with Gasteiger partial charge in [0.05, 0.1) is 5.41 Å². The highest BCUT2D eigenvalue weighted by Crippen LogP contribution is 2.35. The summed E-state index contributed by atoms with van der Waals surface area (Å²) < 4.78 is 0. The van der Waals surface area contributed by atoms with E-state index in [-0.39, 0.29) is 0 Å². The first-order valence-corrected chi connectivity index (χ1v) is 7.25. The average Bonchev–Trinajstić information content (AvgIpc) is 2.42. The second kappa shape index (κ2) is 6.42. The molecule has 1 atom stereocenters. The minimum atomic E-state index is -0.721. The van der Waals surface area contributed by atoms with Gasteiger partial charge in [-0.15, -0.1) is 6.58 Å². The van der Waals surface area contributed by atoms with Crippen molar-refractivity contribution in [3.63, 3.8) is 0 Å². The van der Waals surface area contributed by atoms with Crippen LogP contribution in [-0.4, -0.2) is 29.1 Å². The van der Waals surface area contributed by atoms with E-state index >= 15 is 0 Å². The monoisotopic (exact) mass is 293 g/mol. The molecule has 0 amide bonds. The number of carboxylic acids is 1. The Labute approximate surface area is 124 Å². The van der Waals surface area contributed by atoms with Gasteiger partial charge in [0.25, 0.3) is 0 Å². The van der Waals surface area contributed by atoms with Crippen LogP contribution in [0.1, 0.15) is 24.8 Å². The van der Waals surface area contributed by atoms with Gasteiger partial charge in [-0.2, -0.15) is 0 Å². The van der Waals surface area contributed by atoms with E-state index in [2.05, 4.69) is 11.5 Å². The molecule has 1 heterocycles. The zero-order valence-corrected chi connectivity index (χ0v) is 12.3. The Morgan fingerprint density at radius 3 is 2.90 bits per heavy atom. The largest absolute Gasteiger partial charge is 0.481 e. The van der Waals surface area contributed by atoms with Crippen molar-refractivity contribution < 1.29 is 9.90 Å². The molecule has 1 N–H and O–H groups in total. The number of hydrogen-bond acceptors (Lipinski definition) is 2. The van der Waals surface area contributed by atoms with Gasteiger partial charge in [0, 0.05) is 18.1 Å². The van der Waals surface area contributed by atoms with Gasteiger partial charge >= 0.3 is 5.97 Å². The molecular formula is C16H20ClNO2. The molecule has 0 saturated carbocycles. The Hall–Kier alpha value is -1.32. The van der Waals surface area contributed by atoms with Gasteiger partial charge in [0.1, 0.15) is 0 Å². The smallest absolute Gasteiger partial charge is 0.311 e. The lowest BCUT2D eigenvalue weighted by molar-refractivity contribution is -0.152. The molecule has 1 fully saturated rings. The Kier molecular flexibility index (Phi) is 4.84. The third-order valence-corrected chi connectivity index (χ3v) is 4.37. The van der Waals surface area contributed by atoms with Crippen molar-refractivity contribution in [2.45, 2.75) is 25.8 Å². The maximum atomic E-state index is 11.6. The number of hydrogen-bond donors (Lipinski definition) is 1. The molecule has 0 aromatic heterocycles. The predicted octanol–water partition coefficient (Wildman–Crippen LogP) is 3.58. The normalized spacial score (nSPS) is 23.4. The molecule has 1 aliphatic heterocycles. The van der Waals surface area contributed by atoms with Gasteiger partial charge in [-0.25, -0.2) is 0 Å². The van der Waals surface area contributed by atoms with Gasteiger partial charge in [-0.3, -0.25) is 9.69 Å². The SMILES string of the molecule is C=CCC1(C(=O)O)CCCN(Cc2ccccc2Cl)C1. The number of piperidine rings is 1. The van der Waals surface area contributed by atoms with Crippen molar-refractivity contribution in [3.05, 3.63) is 47.5 Å². The maximum Gasteiger partial charge on any atom is 0.311 e. The fraction of sp³-hybridized carbons (Fsp3) is 0.438. The molecule has 0 bridgehead atoms. The van der Waals surface area contributed by atoms with E-state index in [1.54, 1.807) is 6.08 Å². The highest BCUT2D eigenvalue weighted by Gasteiger charge is 2.41. The second-order valence-electron chi connectivity index (χ2n) is 5.48. The van der Waals surface area contributed by atoms with Crippen molar-refractivity contribution in [3.8, 4) is 0 Å². The Bertz CT molecular complexity index is 503. The molecule has 2 rings (SSSR count). The van der Waals surface area contributed by atoms with Crippen molar-refractivity contribution in [1.29, 1.82) is 0 Å². The van der Waals surface area contributed by atoms with Crippen LogP contribution in [0.2, 0.25) is 5.02 Å². The molecule has 0 aliphatic carbocycles. The average molecular weight is 294 g/mol. The van der Waals surface area contributed by atoms with E-state index in [9.17, 15) is 9.90 Å². The first-order chi connectivity index (χ1) is 9.57. The van der Waals surface area contributed by atoms with Gasteiger partial charge in [-0.05, 0) is 37.4 Å². The molecule has 108 valence electrons. The van der Waals surface area contributed by atoms with E-state index in [1.165, 1.54) is 0 Å². The molecule has 1 saturated heterocycles. The molecule has 4 heteroatoms. The molecule has 1 unspecified atom stereocenters. The lowest BCUT2D eigenvalue weighted by Gasteiger charge is -2.39. The number of carboxylic acid groups (broad SMARTS) is 1. The van der Waals surface area contributed by atoms with Crippen LogP contribution in [0.25, 0.3) is 0 Å². The summed E-state index contributed by atoms with van der Waals surface area (Å²) in [6, 6.07) is 7.72. The van der Waals surface area contributed by atoms with E-state index in [1.807, 2.05) is 24.3 Å². The van der Waals surface area contributed by atoms with E-state index in [0.29, 0.717) is 25.9 Å². The quantitative estimate of drug-likeness (QED) is 0.844. The second-order valence-corrected chi connectivity index (χ2v) is 5.89. The van der Waals surface area contributed by atoms with E-state index in [0.717, 1.165) is 23.6 Å². The minimum absolute atomic E-state index is 0.515. The number of rotatable bonds is 5. The molecule has 0 spiro atoms. The summed E-state index contributed by atoms with van der Waals surface area (Å²) in [5.74, 6) is -0.721. The summed E-state index contributed by atoms with van der Waals surface area (Å²) in [6.07, 6.45) is 3.84. The molecule has 1 aromatic rings. The first kappa shape index (κ1) is 15.1. The summed E-state index contributed by atoms with van der Waals surface area (Å²) in [7, 11) is 0. The lowest BCUT2D eigenvalue weighted by atomic mass is 9.77. The van der Waals surface area contributed by atoms with Crippen molar-refractivity contribution >= 4 is 17.6 Å². The van der Waals surface area contributed by atoms with Crippen molar-refractivity contribution in [2.75, 3.05) is 13.1 Å². The van der Waals surface area contributed by atoms with Crippen LogP contribution in [0, 0.1) is 5.41 Å². The fourth-order valence-electron chi connectivity index (χ4n) is 2.93. The third kappa shape index (κ3) is 3.22. The minimum Gasteiger partial charge on any atom is -0.481 e. The van der Waals surface area contributed by atoms with Crippen LogP contribution in [0.5, 0.6) is 0 Å². The van der Waals surface area contributed by atoms with Gasteiger partial charge in [0.15, 0.2) is 0 Å². The summed E-state index contributed by atoms with van der Waals surface area (Å²) >= 11 is 6.18. The van der Waals surface area contributed by atoms with Gasteiger partial charge in [0.2, 0.25) is 0 Å². The molecule has 0 radical (unpaired) electrons. The number of likely N-dealkylation sites (tertiary alicyclic amines) is 1. The molecule has 1 aliphatic rings. The highest BCUT2D eigenvalue weighted by atomic mass is 35.5. The lowest BCUT2D eigenvalue weighted by Crippen LogP contribution is -2.47. The van der Waals surface area contributed by atoms with Crippen LogP contribution in [0.3, 0.4) is 0 Å². The number of nitrogens with zero attached hydrogens (tertiary/aromatic N) is 1. The molecular weight excluding hydrogens is 274 g/mol. The van der Waals surface area contributed by atoms with E-state index < -0.39 is 11.4 Å². The molecule has 3 nitrogen and oxygen atoms in total. The summed E-state index contributed by atoms with van der Waals surface area (Å²) in [5.41, 5.74) is 0.357. The zero-order valence-electron chi connectivity index (χ0n) is 11.5. The fourth-order valence-corrected chi connectivity index (χ4v) is 3.13. The molecule has 1 aromatic carbocycles. The molecule has 20 heavy (non-hydrogen) atoms. The number of aliphatic carboxylic acids is 1. The number of halogens is 1. The number of allylic oxidation sites excluding steroid dienone is 1.